The summed E-state index contributed by atoms with van der Waals surface area (Å²) < 4.78 is 10.9. The van der Waals surface area contributed by atoms with Crippen LogP contribution in [0.15, 0.2) is 42.5 Å². The summed E-state index contributed by atoms with van der Waals surface area (Å²) in [6.07, 6.45) is 1.07. The zero-order valence-corrected chi connectivity index (χ0v) is 12.8. The van der Waals surface area contributed by atoms with Crippen molar-refractivity contribution in [3.63, 3.8) is 0 Å². The van der Waals surface area contributed by atoms with Crippen LogP contribution in [-0.4, -0.2) is 19.2 Å². The van der Waals surface area contributed by atoms with E-state index in [1.54, 1.807) is 0 Å². The van der Waals surface area contributed by atoms with Crippen molar-refractivity contribution in [3.8, 4) is 0 Å². The SMILES string of the molecule is CCC[C@H](C)OC(=O)[C@@H](OC)c1cccc2ccccc12. The molecule has 2 aromatic rings. The van der Waals surface area contributed by atoms with Gasteiger partial charge < -0.3 is 9.47 Å². The molecule has 0 bridgehead atoms. The fraction of sp³-hybridized carbons (Fsp3) is 0.389. The van der Waals surface area contributed by atoms with Crippen molar-refractivity contribution in [3.05, 3.63) is 48.0 Å². The van der Waals surface area contributed by atoms with Crippen LogP contribution in [0.1, 0.15) is 38.4 Å². The van der Waals surface area contributed by atoms with Gasteiger partial charge in [-0.1, -0.05) is 55.8 Å². The molecule has 3 nitrogen and oxygen atoms in total. The molecule has 112 valence electrons. The van der Waals surface area contributed by atoms with Gasteiger partial charge in [0, 0.05) is 7.11 Å². The van der Waals surface area contributed by atoms with Gasteiger partial charge in [-0.15, -0.1) is 0 Å². The Morgan fingerprint density at radius 2 is 1.86 bits per heavy atom. The summed E-state index contributed by atoms with van der Waals surface area (Å²) in [6.45, 7) is 3.99. The molecule has 0 aliphatic heterocycles. The molecule has 0 spiro atoms. The molecule has 0 N–H and O–H groups in total. The van der Waals surface area contributed by atoms with E-state index in [-0.39, 0.29) is 12.1 Å². The molecule has 3 heteroatoms. The zero-order chi connectivity index (χ0) is 15.2. The predicted molar refractivity (Wildman–Crippen MR) is 84.2 cm³/mol. The Labute approximate surface area is 125 Å². The first kappa shape index (κ1) is 15.5. The van der Waals surface area contributed by atoms with Crippen LogP contribution < -0.4 is 0 Å². The number of carbonyl (C=O) groups is 1. The van der Waals surface area contributed by atoms with Crippen LogP contribution in [0.25, 0.3) is 10.8 Å². The molecule has 0 fully saturated rings. The van der Waals surface area contributed by atoms with Crippen LogP contribution in [0.2, 0.25) is 0 Å². The second kappa shape index (κ2) is 7.23. The molecule has 0 saturated carbocycles. The molecule has 0 aliphatic rings. The summed E-state index contributed by atoms with van der Waals surface area (Å²) >= 11 is 0. The molecule has 0 aromatic heterocycles. The molecular weight excluding hydrogens is 264 g/mol. The van der Waals surface area contributed by atoms with E-state index in [1.807, 2.05) is 49.4 Å². The quantitative estimate of drug-likeness (QED) is 0.744. The van der Waals surface area contributed by atoms with Crippen LogP contribution in [0.3, 0.4) is 0 Å². The van der Waals surface area contributed by atoms with Crippen LogP contribution >= 0.6 is 0 Å². The Hall–Kier alpha value is -1.87. The lowest BCUT2D eigenvalue weighted by molar-refractivity contribution is -0.160. The number of benzene rings is 2. The molecule has 0 heterocycles. The minimum Gasteiger partial charge on any atom is -0.460 e. The smallest absolute Gasteiger partial charge is 0.340 e. The standard InChI is InChI=1S/C18H22O3/c1-4-8-13(2)21-18(19)17(20-3)16-12-7-10-14-9-5-6-11-15(14)16/h5-7,9-13,17H,4,8H2,1-3H3/t13-,17-/m0/s1. The zero-order valence-electron chi connectivity index (χ0n) is 12.8. The van der Waals surface area contributed by atoms with Gasteiger partial charge in [-0.2, -0.15) is 0 Å². The van der Waals surface area contributed by atoms with E-state index in [1.165, 1.54) is 7.11 Å². The third-order valence-corrected chi connectivity index (χ3v) is 3.57. The maximum absolute atomic E-state index is 12.4. The fourth-order valence-electron chi connectivity index (χ4n) is 2.55. The van der Waals surface area contributed by atoms with Gasteiger partial charge in [0.2, 0.25) is 0 Å². The van der Waals surface area contributed by atoms with Gasteiger partial charge in [0.25, 0.3) is 0 Å². The van der Waals surface area contributed by atoms with Crippen LogP contribution in [-0.2, 0) is 14.3 Å². The molecule has 0 unspecified atom stereocenters. The Morgan fingerprint density at radius 1 is 1.14 bits per heavy atom. The number of fused-ring (bicyclic) bond motifs is 1. The van der Waals surface area contributed by atoms with Crippen molar-refractivity contribution < 1.29 is 14.3 Å². The van der Waals surface area contributed by atoms with E-state index in [9.17, 15) is 4.79 Å². The monoisotopic (exact) mass is 286 g/mol. The minimum atomic E-state index is -0.685. The van der Waals surface area contributed by atoms with Crippen molar-refractivity contribution in [1.29, 1.82) is 0 Å². The van der Waals surface area contributed by atoms with Gasteiger partial charge in [-0.05, 0) is 29.7 Å². The van der Waals surface area contributed by atoms with E-state index in [2.05, 4.69) is 6.92 Å². The van der Waals surface area contributed by atoms with Gasteiger partial charge in [-0.25, -0.2) is 4.79 Å². The maximum Gasteiger partial charge on any atom is 0.340 e. The molecule has 0 radical (unpaired) electrons. The molecule has 2 aromatic carbocycles. The summed E-state index contributed by atoms with van der Waals surface area (Å²) in [7, 11) is 1.54. The average molecular weight is 286 g/mol. The first-order chi connectivity index (χ1) is 10.2. The van der Waals surface area contributed by atoms with Gasteiger partial charge in [0.05, 0.1) is 6.10 Å². The number of methoxy groups -OCH3 is 1. The lowest BCUT2D eigenvalue weighted by Crippen LogP contribution is -2.22. The molecule has 21 heavy (non-hydrogen) atoms. The maximum atomic E-state index is 12.4. The lowest BCUT2D eigenvalue weighted by Gasteiger charge is -2.19. The molecule has 2 atom stereocenters. The van der Waals surface area contributed by atoms with Gasteiger partial charge >= 0.3 is 5.97 Å². The molecule has 2 rings (SSSR count). The Morgan fingerprint density at radius 3 is 2.57 bits per heavy atom. The van der Waals surface area contributed by atoms with Crippen molar-refractivity contribution in [2.24, 2.45) is 0 Å². The lowest BCUT2D eigenvalue weighted by atomic mass is 10.0. The van der Waals surface area contributed by atoms with Crippen LogP contribution in [0, 0.1) is 0 Å². The Bertz CT molecular complexity index is 601. The predicted octanol–water partition coefficient (Wildman–Crippen LogP) is 4.26. The molecular formula is C18H22O3. The number of rotatable bonds is 6. The summed E-state index contributed by atoms with van der Waals surface area (Å²) in [5.41, 5.74) is 0.851. The van der Waals surface area contributed by atoms with E-state index in [4.69, 9.17) is 9.47 Å². The first-order valence-corrected chi connectivity index (χ1v) is 7.38. The van der Waals surface area contributed by atoms with E-state index < -0.39 is 6.10 Å². The highest BCUT2D eigenvalue weighted by Crippen LogP contribution is 2.27. The Balaban J connectivity index is 2.29. The van der Waals surface area contributed by atoms with Crippen LogP contribution in [0.4, 0.5) is 0 Å². The van der Waals surface area contributed by atoms with E-state index in [0.29, 0.717) is 0 Å². The number of carbonyl (C=O) groups excluding carboxylic acids is 1. The normalized spacial score (nSPS) is 13.9. The van der Waals surface area contributed by atoms with E-state index in [0.717, 1.165) is 29.2 Å². The second-order valence-corrected chi connectivity index (χ2v) is 5.22. The highest BCUT2D eigenvalue weighted by Gasteiger charge is 2.25. The van der Waals surface area contributed by atoms with Gasteiger partial charge in [-0.3, -0.25) is 0 Å². The fourth-order valence-corrected chi connectivity index (χ4v) is 2.55. The van der Waals surface area contributed by atoms with Crippen LogP contribution in [0.5, 0.6) is 0 Å². The number of ether oxygens (including phenoxy) is 2. The highest BCUT2D eigenvalue weighted by atomic mass is 16.6. The average Bonchev–Trinajstić information content (AvgIpc) is 2.48. The number of hydrogen-bond acceptors (Lipinski definition) is 3. The number of esters is 1. The highest BCUT2D eigenvalue weighted by molar-refractivity contribution is 5.90. The van der Waals surface area contributed by atoms with Gasteiger partial charge in [0.1, 0.15) is 0 Å². The van der Waals surface area contributed by atoms with Crippen molar-refractivity contribution in [2.45, 2.75) is 38.9 Å². The van der Waals surface area contributed by atoms with E-state index >= 15 is 0 Å². The molecule has 0 aliphatic carbocycles. The third-order valence-electron chi connectivity index (χ3n) is 3.57. The van der Waals surface area contributed by atoms with Gasteiger partial charge in [0.15, 0.2) is 6.10 Å². The van der Waals surface area contributed by atoms with Crippen molar-refractivity contribution in [2.75, 3.05) is 7.11 Å². The van der Waals surface area contributed by atoms with Crippen molar-refractivity contribution in [1.82, 2.24) is 0 Å². The summed E-state index contributed by atoms with van der Waals surface area (Å²) in [6, 6.07) is 13.8. The summed E-state index contributed by atoms with van der Waals surface area (Å²) in [5, 5.41) is 2.11. The Kier molecular flexibility index (Phi) is 5.34. The minimum absolute atomic E-state index is 0.0878. The topological polar surface area (TPSA) is 35.5 Å². The molecule has 0 saturated heterocycles. The second-order valence-electron chi connectivity index (χ2n) is 5.22. The summed E-state index contributed by atoms with van der Waals surface area (Å²) in [5.74, 6) is -0.324. The summed E-state index contributed by atoms with van der Waals surface area (Å²) in [4.78, 5) is 12.4. The molecule has 0 amide bonds. The third kappa shape index (κ3) is 3.61. The van der Waals surface area contributed by atoms with Crippen molar-refractivity contribution >= 4 is 16.7 Å². The largest absolute Gasteiger partial charge is 0.460 e. The number of hydrogen-bond donors (Lipinski definition) is 0. The first-order valence-electron chi connectivity index (χ1n) is 7.38.